The van der Waals surface area contributed by atoms with Crippen LogP contribution in [0.1, 0.15) is 24.8 Å². The molecule has 0 bridgehead atoms. The molecule has 1 aromatic carbocycles. The minimum absolute atomic E-state index is 0.187. The highest BCUT2D eigenvalue weighted by atomic mass is 35.5. The van der Waals surface area contributed by atoms with Crippen LogP contribution in [0.3, 0.4) is 0 Å². The highest BCUT2D eigenvalue weighted by molar-refractivity contribution is 6.18. The van der Waals surface area contributed by atoms with Crippen LogP contribution in [0, 0.1) is 11.8 Å². The van der Waals surface area contributed by atoms with E-state index in [9.17, 15) is 0 Å². The van der Waals surface area contributed by atoms with Crippen LogP contribution in [-0.2, 0) is 4.74 Å². The molecule has 1 atom stereocenters. The van der Waals surface area contributed by atoms with E-state index in [2.05, 4.69) is 11.8 Å². The standard InChI is InChI=1S/C15H17ClO2/c16-10-2-1-4-13-6-8-14(9-7-13)18-15-5-3-11-17-12-15/h6-9,15H,2-3,5,10-12H2. The number of rotatable bonds is 3. The van der Waals surface area contributed by atoms with E-state index < -0.39 is 0 Å². The number of benzene rings is 1. The Morgan fingerprint density at radius 3 is 2.83 bits per heavy atom. The molecule has 0 spiro atoms. The van der Waals surface area contributed by atoms with Gasteiger partial charge in [-0.05, 0) is 37.1 Å². The Morgan fingerprint density at radius 1 is 1.33 bits per heavy atom. The third-order valence-electron chi connectivity index (χ3n) is 2.73. The molecule has 1 fully saturated rings. The topological polar surface area (TPSA) is 18.5 Å². The van der Waals surface area contributed by atoms with Gasteiger partial charge < -0.3 is 9.47 Å². The van der Waals surface area contributed by atoms with E-state index in [1.54, 1.807) is 0 Å². The first-order chi connectivity index (χ1) is 8.88. The van der Waals surface area contributed by atoms with Crippen LogP contribution in [0.5, 0.6) is 5.75 Å². The molecule has 1 saturated heterocycles. The molecule has 0 amide bonds. The zero-order chi connectivity index (χ0) is 12.6. The summed E-state index contributed by atoms with van der Waals surface area (Å²) in [6.45, 7) is 1.55. The second-order valence-corrected chi connectivity index (χ2v) is 4.60. The molecule has 0 saturated carbocycles. The smallest absolute Gasteiger partial charge is 0.122 e. The molecule has 96 valence electrons. The van der Waals surface area contributed by atoms with Crippen molar-refractivity contribution in [1.29, 1.82) is 0 Å². The fourth-order valence-electron chi connectivity index (χ4n) is 1.83. The van der Waals surface area contributed by atoms with Crippen molar-refractivity contribution in [3.63, 3.8) is 0 Å². The van der Waals surface area contributed by atoms with Gasteiger partial charge in [0.2, 0.25) is 0 Å². The Labute approximate surface area is 113 Å². The quantitative estimate of drug-likeness (QED) is 0.616. The van der Waals surface area contributed by atoms with Crippen molar-refractivity contribution in [1.82, 2.24) is 0 Å². The van der Waals surface area contributed by atoms with Crippen molar-refractivity contribution < 1.29 is 9.47 Å². The van der Waals surface area contributed by atoms with Crippen molar-refractivity contribution in [2.45, 2.75) is 25.4 Å². The highest BCUT2D eigenvalue weighted by Crippen LogP contribution is 2.17. The van der Waals surface area contributed by atoms with E-state index in [-0.39, 0.29) is 6.10 Å². The summed E-state index contributed by atoms with van der Waals surface area (Å²) in [4.78, 5) is 0. The molecule has 2 rings (SSSR count). The fourth-order valence-corrected chi connectivity index (χ4v) is 1.92. The summed E-state index contributed by atoms with van der Waals surface area (Å²) in [6, 6.07) is 7.86. The van der Waals surface area contributed by atoms with Crippen molar-refractivity contribution in [2.24, 2.45) is 0 Å². The van der Waals surface area contributed by atoms with E-state index in [0.717, 1.165) is 37.2 Å². The molecule has 3 heteroatoms. The number of hydrogen-bond donors (Lipinski definition) is 0. The SMILES string of the molecule is ClCCC#Cc1ccc(OC2CCCOC2)cc1. The van der Waals surface area contributed by atoms with Gasteiger partial charge in [-0.25, -0.2) is 0 Å². The summed E-state index contributed by atoms with van der Waals surface area (Å²) in [5.74, 6) is 7.53. The normalized spacial score (nSPS) is 18.8. The third-order valence-corrected chi connectivity index (χ3v) is 2.92. The van der Waals surface area contributed by atoms with Gasteiger partial charge in [0.25, 0.3) is 0 Å². The van der Waals surface area contributed by atoms with Crippen molar-refractivity contribution in [3.8, 4) is 17.6 Å². The molecule has 2 nitrogen and oxygen atoms in total. The van der Waals surface area contributed by atoms with Crippen LogP contribution in [0.2, 0.25) is 0 Å². The first-order valence-corrected chi connectivity index (χ1v) is 6.81. The van der Waals surface area contributed by atoms with Gasteiger partial charge in [0.1, 0.15) is 11.9 Å². The van der Waals surface area contributed by atoms with E-state index in [1.165, 1.54) is 0 Å². The van der Waals surface area contributed by atoms with Crippen LogP contribution in [-0.4, -0.2) is 25.2 Å². The predicted molar refractivity (Wildman–Crippen MR) is 73.1 cm³/mol. The Morgan fingerprint density at radius 2 is 2.17 bits per heavy atom. The largest absolute Gasteiger partial charge is 0.488 e. The van der Waals surface area contributed by atoms with Crippen molar-refractivity contribution >= 4 is 11.6 Å². The maximum atomic E-state index is 5.84. The molecule has 1 unspecified atom stereocenters. The lowest BCUT2D eigenvalue weighted by Gasteiger charge is -2.23. The first-order valence-electron chi connectivity index (χ1n) is 6.28. The molecule has 0 aromatic heterocycles. The number of alkyl halides is 1. The van der Waals surface area contributed by atoms with E-state index in [1.807, 2.05) is 24.3 Å². The maximum Gasteiger partial charge on any atom is 0.122 e. The Bertz CT molecular complexity index is 410. The zero-order valence-corrected chi connectivity index (χ0v) is 11.1. The summed E-state index contributed by atoms with van der Waals surface area (Å²) in [7, 11) is 0. The maximum absolute atomic E-state index is 5.84. The zero-order valence-electron chi connectivity index (χ0n) is 10.3. The molecular weight excluding hydrogens is 248 g/mol. The minimum atomic E-state index is 0.187. The Balaban J connectivity index is 1.89. The number of hydrogen-bond acceptors (Lipinski definition) is 2. The van der Waals surface area contributed by atoms with Crippen LogP contribution < -0.4 is 4.74 Å². The number of ether oxygens (including phenoxy) is 2. The van der Waals surface area contributed by atoms with Crippen LogP contribution in [0.15, 0.2) is 24.3 Å². The summed E-state index contributed by atoms with van der Waals surface area (Å²) in [5.41, 5.74) is 0.993. The fraction of sp³-hybridized carbons (Fsp3) is 0.467. The van der Waals surface area contributed by atoms with Crippen LogP contribution >= 0.6 is 11.6 Å². The van der Waals surface area contributed by atoms with Gasteiger partial charge >= 0.3 is 0 Å². The molecule has 0 aliphatic carbocycles. The third kappa shape index (κ3) is 4.25. The molecule has 18 heavy (non-hydrogen) atoms. The van der Waals surface area contributed by atoms with Crippen LogP contribution in [0.25, 0.3) is 0 Å². The average molecular weight is 265 g/mol. The van der Waals surface area contributed by atoms with E-state index in [0.29, 0.717) is 12.5 Å². The second-order valence-electron chi connectivity index (χ2n) is 4.22. The molecule has 1 heterocycles. The lowest BCUT2D eigenvalue weighted by molar-refractivity contribution is 0.00743. The van der Waals surface area contributed by atoms with Gasteiger partial charge in [-0.15, -0.1) is 11.6 Å². The van der Waals surface area contributed by atoms with Gasteiger partial charge in [0, 0.05) is 24.5 Å². The lowest BCUT2D eigenvalue weighted by atomic mass is 10.1. The van der Waals surface area contributed by atoms with Crippen molar-refractivity contribution in [3.05, 3.63) is 29.8 Å². The number of halogens is 1. The van der Waals surface area contributed by atoms with Crippen molar-refractivity contribution in [2.75, 3.05) is 19.1 Å². The second kappa shape index (κ2) is 7.31. The van der Waals surface area contributed by atoms with Gasteiger partial charge in [-0.1, -0.05) is 11.8 Å². The molecule has 1 aromatic rings. The highest BCUT2D eigenvalue weighted by Gasteiger charge is 2.14. The molecular formula is C15H17ClO2. The summed E-state index contributed by atoms with van der Waals surface area (Å²) in [5, 5.41) is 0. The lowest BCUT2D eigenvalue weighted by Crippen LogP contribution is -2.27. The Hall–Kier alpha value is -1.17. The van der Waals surface area contributed by atoms with E-state index >= 15 is 0 Å². The molecule has 1 aliphatic rings. The predicted octanol–water partition coefficient (Wildman–Crippen LogP) is 3.22. The Kier molecular flexibility index (Phi) is 5.38. The minimum Gasteiger partial charge on any atom is -0.488 e. The first kappa shape index (κ1) is 13.3. The summed E-state index contributed by atoms with van der Waals surface area (Å²) in [6.07, 6.45) is 3.05. The van der Waals surface area contributed by atoms with Gasteiger partial charge in [-0.2, -0.15) is 0 Å². The molecule has 1 aliphatic heterocycles. The van der Waals surface area contributed by atoms with Gasteiger partial charge in [0.05, 0.1) is 6.61 Å². The summed E-state index contributed by atoms with van der Waals surface area (Å²) < 4.78 is 11.2. The van der Waals surface area contributed by atoms with E-state index in [4.69, 9.17) is 21.1 Å². The molecule has 0 N–H and O–H groups in total. The molecule has 0 radical (unpaired) electrons. The van der Waals surface area contributed by atoms with Gasteiger partial charge in [-0.3, -0.25) is 0 Å². The summed E-state index contributed by atoms with van der Waals surface area (Å²) >= 11 is 5.57. The average Bonchev–Trinajstić information content (AvgIpc) is 2.42. The van der Waals surface area contributed by atoms with Gasteiger partial charge in [0.15, 0.2) is 0 Å². The van der Waals surface area contributed by atoms with Crippen LogP contribution in [0.4, 0.5) is 0 Å². The monoisotopic (exact) mass is 264 g/mol.